The molecule has 0 aliphatic heterocycles. The van der Waals surface area contributed by atoms with Gasteiger partial charge in [0.2, 0.25) is 7.14 Å². The van der Waals surface area contributed by atoms with Crippen molar-refractivity contribution in [1.82, 2.24) is 9.97 Å². The highest BCUT2D eigenvalue weighted by molar-refractivity contribution is 7.85. The second-order valence-corrected chi connectivity index (χ2v) is 12.5. The molecule has 0 spiro atoms. The molecule has 2 heterocycles. The molecule has 4 heteroatoms. The monoisotopic (exact) mass is 532 g/mol. The largest absolute Gasteiger partial charge is 0.305 e. The first-order valence-electron chi connectivity index (χ1n) is 13.3. The van der Waals surface area contributed by atoms with E-state index in [2.05, 4.69) is 60.7 Å². The number of aromatic nitrogens is 2. The molecule has 190 valence electrons. The summed E-state index contributed by atoms with van der Waals surface area (Å²) in [5.74, 6) is 0. The molecule has 40 heavy (non-hydrogen) atoms. The lowest BCUT2D eigenvalue weighted by atomic mass is 9.99. The van der Waals surface area contributed by atoms with Gasteiger partial charge in [0.1, 0.15) is 10.9 Å². The lowest BCUT2D eigenvalue weighted by molar-refractivity contribution is 0.591. The van der Waals surface area contributed by atoms with Gasteiger partial charge in [0, 0.05) is 17.7 Å². The van der Waals surface area contributed by atoms with Crippen LogP contribution < -0.4 is 16.2 Å². The topological polar surface area (TPSA) is 42.9 Å². The highest BCUT2D eigenvalue weighted by Gasteiger charge is 2.33. The van der Waals surface area contributed by atoms with Crippen molar-refractivity contribution in [2.45, 2.75) is 0 Å². The van der Waals surface area contributed by atoms with Crippen LogP contribution in [-0.2, 0) is 4.57 Å². The number of hydrogen-bond acceptors (Lipinski definition) is 3. The van der Waals surface area contributed by atoms with Gasteiger partial charge in [-0.1, -0.05) is 115 Å². The molecular formula is C36H25N2OP. The maximum absolute atomic E-state index is 15.4. The average molecular weight is 533 g/mol. The Labute approximate surface area is 233 Å². The van der Waals surface area contributed by atoms with Crippen molar-refractivity contribution in [1.29, 1.82) is 0 Å². The molecule has 0 amide bonds. The number of fused-ring (bicyclic) bond motifs is 2. The molecule has 2 aromatic heterocycles. The number of benzene rings is 5. The van der Waals surface area contributed by atoms with Crippen LogP contribution in [0.1, 0.15) is 0 Å². The van der Waals surface area contributed by atoms with Gasteiger partial charge in [-0.3, -0.25) is 9.97 Å². The maximum atomic E-state index is 15.4. The van der Waals surface area contributed by atoms with Gasteiger partial charge in [0.15, 0.2) is 0 Å². The summed E-state index contributed by atoms with van der Waals surface area (Å²) in [7, 11) is -3.41. The Morgan fingerprint density at radius 3 is 1.43 bits per heavy atom. The predicted molar refractivity (Wildman–Crippen MR) is 167 cm³/mol. The minimum Gasteiger partial charge on any atom is -0.305 e. The summed E-state index contributed by atoms with van der Waals surface area (Å²) in [4.78, 5) is 9.44. The van der Waals surface area contributed by atoms with Crippen LogP contribution in [-0.4, -0.2) is 9.97 Å². The normalized spacial score (nSPS) is 11.6. The third kappa shape index (κ3) is 4.12. The van der Waals surface area contributed by atoms with Crippen LogP contribution in [0.15, 0.2) is 152 Å². The third-order valence-electron chi connectivity index (χ3n) is 7.46. The van der Waals surface area contributed by atoms with E-state index in [-0.39, 0.29) is 0 Å². The van der Waals surface area contributed by atoms with Crippen molar-refractivity contribution >= 4 is 44.9 Å². The molecule has 0 saturated heterocycles. The van der Waals surface area contributed by atoms with Crippen LogP contribution in [0, 0.1) is 0 Å². The van der Waals surface area contributed by atoms with Gasteiger partial charge in [0.05, 0.1) is 0 Å². The molecule has 0 aliphatic rings. The van der Waals surface area contributed by atoms with Gasteiger partial charge in [-0.15, -0.1) is 0 Å². The van der Waals surface area contributed by atoms with E-state index in [0.717, 1.165) is 43.8 Å². The van der Waals surface area contributed by atoms with E-state index in [0.29, 0.717) is 16.2 Å². The summed E-state index contributed by atoms with van der Waals surface area (Å²) in [5, 5.41) is 5.32. The van der Waals surface area contributed by atoms with Gasteiger partial charge in [0.25, 0.3) is 0 Å². The second kappa shape index (κ2) is 10.0. The summed E-state index contributed by atoms with van der Waals surface area (Å²) in [5.41, 5.74) is 5.15. The van der Waals surface area contributed by atoms with E-state index in [4.69, 9.17) is 9.97 Å². The lowest BCUT2D eigenvalue weighted by Crippen LogP contribution is -2.28. The minimum atomic E-state index is -3.41. The SMILES string of the molecule is O=P(c1ccccc1)(c1cc(-c2cccc3ccccc23)ccn1)c1cc(-c2cccc3ccccc23)ccn1. The molecule has 5 aromatic carbocycles. The fourth-order valence-corrected chi connectivity index (χ4v) is 7.95. The van der Waals surface area contributed by atoms with Gasteiger partial charge < -0.3 is 4.57 Å². The molecule has 0 saturated carbocycles. The summed E-state index contributed by atoms with van der Waals surface area (Å²) < 4.78 is 15.4. The lowest BCUT2D eigenvalue weighted by Gasteiger charge is -2.20. The molecule has 7 rings (SSSR count). The van der Waals surface area contributed by atoms with Crippen LogP contribution in [0.5, 0.6) is 0 Å². The molecule has 0 aliphatic carbocycles. The van der Waals surface area contributed by atoms with E-state index in [1.807, 2.05) is 78.9 Å². The van der Waals surface area contributed by atoms with E-state index in [1.54, 1.807) is 12.4 Å². The smallest absolute Gasteiger partial charge is 0.206 e. The van der Waals surface area contributed by atoms with Crippen molar-refractivity contribution in [2.24, 2.45) is 0 Å². The zero-order chi connectivity index (χ0) is 26.9. The molecule has 0 N–H and O–H groups in total. The summed E-state index contributed by atoms with van der Waals surface area (Å²) >= 11 is 0. The minimum absolute atomic E-state index is 0.520. The van der Waals surface area contributed by atoms with Gasteiger partial charge >= 0.3 is 0 Å². The highest BCUT2D eigenvalue weighted by Crippen LogP contribution is 2.43. The average Bonchev–Trinajstić information content (AvgIpc) is 3.04. The Kier molecular flexibility index (Phi) is 6.07. The van der Waals surface area contributed by atoms with Crippen molar-refractivity contribution in [3.05, 3.63) is 152 Å². The standard InChI is InChI=1S/C36H25N2OP/c39-40(30-14-2-1-3-15-30,35-24-28(20-22-37-35)33-18-8-12-26-10-4-6-16-31(26)33)36-25-29(21-23-38-36)34-19-9-13-27-11-5-7-17-32(27)34/h1-25H. The van der Waals surface area contributed by atoms with Crippen molar-refractivity contribution in [3.8, 4) is 22.3 Å². The molecule has 0 unspecified atom stereocenters. The number of pyridine rings is 2. The molecule has 0 fully saturated rings. The Hall–Kier alpha value is -4.85. The predicted octanol–water partition coefficient (Wildman–Crippen LogP) is 7.76. The fraction of sp³-hybridized carbons (Fsp3) is 0. The summed E-state index contributed by atoms with van der Waals surface area (Å²) in [6.45, 7) is 0. The second-order valence-electron chi connectivity index (χ2n) is 9.80. The highest BCUT2D eigenvalue weighted by atomic mass is 31.2. The summed E-state index contributed by atoms with van der Waals surface area (Å²) in [6, 6.07) is 46.7. The van der Waals surface area contributed by atoms with Crippen LogP contribution in [0.3, 0.4) is 0 Å². The molecule has 3 nitrogen and oxygen atoms in total. The van der Waals surface area contributed by atoms with Gasteiger partial charge in [-0.05, 0) is 68.1 Å². The Balaban J connectivity index is 1.43. The molecular weight excluding hydrogens is 507 g/mol. The molecule has 0 radical (unpaired) electrons. The zero-order valence-corrected chi connectivity index (χ0v) is 22.6. The van der Waals surface area contributed by atoms with Crippen molar-refractivity contribution in [2.75, 3.05) is 0 Å². The Bertz CT molecular complexity index is 1920. The Morgan fingerprint density at radius 2 is 0.900 bits per heavy atom. The van der Waals surface area contributed by atoms with Crippen LogP contribution in [0.4, 0.5) is 0 Å². The van der Waals surface area contributed by atoms with Gasteiger partial charge in [-0.2, -0.15) is 0 Å². The quantitative estimate of drug-likeness (QED) is 0.213. The maximum Gasteiger partial charge on any atom is 0.206 e. The molecule has 0 atom stereocenters. The van der Waals surface area contributed by atoms with Crippen molar-refractivity contribution < 1.29 is 4.57 Å². The fourth-order valence-electron chi connectivity index (χ4n) is 5.49. The van der Waals surface area contributed by atoms with Crippen LogP contribution >= 0.6 is 7.14 Å². The summed E-state index contributed by atoms with van der Waals surface area (Å²) in [6.07, 6.45) is 3.52. The van der Waals surface area contributed by atoms with Crippen LogP contribution in [0.25, 0.3) is 43.8 Å². The van der Waals surface area contributed by atoms with E-state index in [1.165, 1.54) is 0 Å². The molecule has 7 aromatic rings. The number of rotatable bonds is 5. The molecule has 0 bridgehead atoms. The van der Waals surface area contributed by atoms with Gasteiger partial charge in [-0.25, -0.2) is 0 Å². The number of hydrogen-bond donors (Lipinski definition) is 0. The van der Waals surface area contributed by atoms with E-state index >= 15 is 4.57 Å². The first-order valence-corrected chi connectivity index (χ1v) is 15.0. The first-order chi connectivity index (χ1) is 19.7. The van der Waals surface area contributed by atoms with E-state index < -0.39 is 7.14 Å². The van der Waals surface area contributed by atoms with Crippen LogP contribution in [0.2, 0.25) is 0 Å². The Morgan fingerprint density at radius 1 is 0.450 bits per heavy atom. The van der Waals surface area contributed by atoms with Crippen molar-refractivity contribution in [3.63, 3.8) is 0 Å². The zero-order valence-electron chi connectivity index (χ0n) is 21.7. The first kappa shape index (κ1) is 24.2. The number of nitrogens with zero attached hydrogens (tertiary/aromatic N) is 2. The third-order valence-corrected chi connectivity index (χ3v) is 10.3. The van der Waals surface area contributed by atoms with E-state index in [9.17, 15) is 0 Å².